The topological polar surface area (TPSA) is 78.7 Å². The standard InChI is InChI=1S/C17H26N4O3/c1-4-14-18-11(2)15(24-14)16(22)19-12-5-9-21(10-6-12)13-7-8-20(3)17(13)23/h12-13H,4-10H2,1-3H3,(H,19,22). The maximum Gasteiger partial charge on any atom is 0.289 e. The van der Waals surface area contributed by atoms with Crippen molar-refractivity contribution in [2.24, 2.45) is 0 Å². The van der Waals surface area contributed by atoms with Gasteiger partial charge >= 0.3 is 0 Å². The van der Waals surface area contributed by atoms with Crippen molar-refractivity contribution < 1.29 is 14.0 Å². The van der Waals surface area contributed by atoms with Gasteiger partial charge in [-0.1, -0.05) is 6.92 Å². The summed E-state index contributed by atoms with van der Waals surface area (Å²) >= 11 is 0. The SMILES string of the molecule is CCc1nc(C)c(C(=O)NC2CCN(C3CCN(C)C3=O)CC2)o1. The van der Waals surface area contributed by atoms with Crippen LogP contribution in [0.25, 0.3) is 0 Å². The first-order valence-electron chi connectivity index (χ1n) is 8.75. The fourth-order valence-electron chi connectivity index (χ4n) is 3.56. The molecule has 0 aromatic carbocycles. The molecule has 2 aliphatic heterocycles. The number of aryl methyl sites for hydroxylation is 2. The molecule has 24 heavy (non-hydrogen) atoms. The zero-order valence-electron chi connectivity index (χ0n) is 14.7. The first kappa shape index (κ1) is 17.0. The van der Waals surface area contributed by atoms with Crippen LogP contribution in [0.4, 0.5) is 0 Å². The lowest BCUT2D eigenvalue weighted by Gasteiger charge is -2.35. The molecular weight excluding hydrogens is 308 g/mol. The number of carbonyl (C=O) groups is 2. The van der Waals surface area contributed by atoms with Gasteiger partial charge in [0.15, 0.2) is 5.89 Å². The molecule has 0 spiro atoms. The van der Waals surface area contributed by atoms with Crippen LogP contribution in [-0.4, -0.2) is 65.4 Å². The average Bonchev–Trinajstić information content (AvgIpc) is 3.12. The van der Waals surface area contributed by atoms with Gasteiger partial charge in [-0.25, -0.2) is 4.98 Å². The van der Waals surface area contributed by atoms with Gasteiger partial charge in [-0.15, -0.1) is 0 Å². The lowest BCUT2D eigenvalue weighted by molar-refractivity contribution is -0.131. The van der Waals surface area contributed by atoms with Gasteiger partial charge in [0, 0.05) is 39.1 Å². The van der Waals surface area contributed by atoms with E-state index in [1.54, 1.807) is 11.8 Å². The Morgan fingerprint density at radius 1 is 1.29 bits per heavy atom. The number of aromatic nitrogens is 1. The maximum absolute atomic E-state index is 12.4. The maximum atomic E-state index is 12.4. The number of hydrogen-bond acceptors (Lipinski definition) is 5. The van der Waals surface area contributed by atoms with Crippen LogP contribution in [0.3, 0.4) is 0 Å². The Bertz CT molecular complexity index is 619. The van der Waals surface area contributed by atoms with Gasteiger partial charge < -0.3 is 14.6 Å². The molecule has 2 aliphatic rings. The van der Waals surface area contributed by atoms with Crippen LogP contribution in [0.15, 0.2) is 4.42 Å². The Morgan fingerprint density at radius 2 is 2.00 bits per heavy atom. The van der Waals surface area contributed by atoms with Gasteiger partial charge in [-0.3, -0.25) is 14.5 Å². The van der Waals surface area contributed by atoms with E-state index in [-0.39, 0.29) is 23.9 Å². The van der Waals surface area contributed by atoms with E-state index in [9.17, 15) is 9.59 Å². The third kappa shape index (κ3) is 3.31. The average molecular weight is 334 g/mol. The second-order valence-corrected chi connectivity index (χ2v) is 6.72. The predicted molar refractivity (Wildman–Crippen MR) is 88.7 cm³/mol. The number of carbonyl (C=O) groups excluding carboxylic acids is 2. The molecule has 0 aliphatic carbocycles. The van der Waals surface area contributed by atoms with E-state index >= 15 is 0 Å². The molecule has 2 saturated heterocycles. The van der Waals surface area contributed by atoms with Crippen molar-refractivity contribution in [2.75, 3.05) is 26.7 Å². The number of amides is 2. The van der Waals surface area contributed by atoms with Gasteiger partial charge in [0.25, 0.3) is 5.91 Å². The molecule has 0 bridgehead atoms. The Hall–Kier alpha value is -1.89. The summed E-state index contributed by atoms with van der Waals surface area (Å²) in [7, 11) is 1.86. The molecule has 7 nitrogen and oxygen atoms in total. The second kappa shape index (κ2) is 6.93. The zero-order chi connectivity index (χ0) is 17.3. The summed E-state index contributed by atoms with van der Waals surface area (Å²) in [5.74, 6) is 0.954. The fourth-order valence-corrected chi connectivity index (χ4v) is 3.56. The van der Waals surface area contributed by atoms with E-state index in [0.717, 1.165) is 38.9 Å². The number of piperidine rings is 1. The summed E-state index contributed by atoms with van der Waals surface area (Å²) in [5.41, 5.74) is 0.640. The summed E-state index contributed by atoms with van der Waals surface area (Å²) in [6.45, 7) is 6.26. The van der Waals surface area contributed by atoms with E-state index in [4.69, 9.17) is 4.42 Å². The molecule has 3 rings (SSSR count). The van der Waals surface area contributed by atoms with Crippen molar-refractivity contribution >= 4 is 11.8 Å². The molecule has 7 heteroatoms. The van der Waals surface area contributed by atoms with E-state index in [0.29, 0.717) is 23.8 Å². The summed E-state index contributed by atoms with van der Waals surface area (Å²) in [6.07, 6.45) is 3.29. The minimum absolute atomic E-state index is 0.0234. The van der Waals surface area contributed by atoms with Crippen LogP contribution >= 0.6 is 0 Å². The molecule has 1 N–H and O–H groups in total. The Balaban J connectivity index is 1.52. The van der Waals surface area contributed by atoms with Crippen molar-refractivity contribution in [2.45, 2.75) is 51.6 Å². The van der Waals surface area contributed by atoms with Crippen LogP contribution in [-0.2, 0) is 11.2 Å². The number of nitrogens with zero attached hydrogens (tertiary/aromatic N) is 3. The van der Waals surface area contributed by atoms with Crippen LogP contribution in [0.1, 0.15) is 48.3 Å². The molecule has 1 aromatic rings. The smallest absolute Gasteiger partial charge is 0.289 e. The number of oxazole rings is 1. The minimum atomic E-state index is -0.185. The third-order valence-corrected chi connectivity index (χ3v) is 5.05. The molecule has 0 saturated carbocycles. The molecule has 1 atom stereocenters. The number of likely N-dealkylation sites (N-methyl/N-ethyl adjacent to an activating group) is 1. The predicted octanol–water partition coefficient (Wildman–Crippen LogP) is 0.970. The molecule has 0 radical (unpaired) electrons. The first-order valence-corrected chi connectivity index (χ1v) is 8.75. The largest absolute Gasteiger partial charge is 0.435 e. The monoisotopic (exact) mass is 334 g/mol. The number of hydrogen-bond donors (Lipinski definition) is 1. The molecular formula is C17H26N4O3. The molecule has 2 fully saturated rings. The van der Waals surface area contributed by atoms with Crippen molar-refractivity contribution in [1.82, 2.24) is 20.1 Å². The van der Waals surface area contributed by atoms with Crippen molar-refractivity contribution in [3.05, 3.63) is 17.3 Å². The van der Waals surface area contributed by atoms with Crippen molar-refractivity contribution in [1.29, 1.82) is 0 Å². The zero-order valence-corrected chi connectivity index (χ0v) is 14.7. The van der Waals surface area contributed by atoms with Gasteiger partial charge in [-0.05, 0) is 26.2 Å². The summed E-state index contributed by atoms with van der Waals surface area (Å²) in [6, 6.07) is 0.146. The highest BCUT2D eigenvalue weighted by Gasteiger charge is 2.36. The Labute approximate surface area is 142 Å². The van der Waals surface area contributed by atoms with E-state index in [1.807, 2.05) is 14.0 Å². The normalized spacial score (nSPS) is 23.0. The number of likely N-dealkylation sites (tertiary alicyclic amines) is 2. The molecule has 1 aromatic heterocycles. The second-order valence-electron chi connectivity index (χ2n) is 6.72. The number of nitrogens with one attached hydrogen (secondary N) is 1. The quantitative estimate of drug-likeness (QED) is 0.888. The van der Waals surface area contributed by atoms with Crippen molar-refractivity contribution in [3.63, 3.8) is 0 Å². The first-order chi connectivity index (χ1) is 11.5. The third-order valence-electron chi connectivity index (χ3n) is 5.05. The van der Waals surface area contributed by atoms with Gasteiger partial charge in [0.1, 0.15) is 0 Å². The van der Waals surface area contributed by atoms with Gasteiger partial charge in [-0.2, -0.15) is 0 Å². The highest BCUT2D eigenvalue weighted by atomic mass is 16.4. The van der Waals surface area contributed by atoms with Crippen molar-refractivity contribution in [3.8, 4) is 0 Å². The highest BCUT2D eigenvalue weighted by molar-refractivity contribution is 5.92. The van der Waals surface area contributed by atoms with Crippen LogP contribution in [0, 0.1) is 6.92 Å². The van der Waals surface area contributed by atoms with E-state index < -0.39 is 0 Å². The lowest BCUT2D eigenvalue weighted by Crippen LogP contribution is -2.50. The highest BCUT2D eigenvalue weighted by Crippen LogP contribution is 2.21. The van der Waals surface area contributed by atoms with Crippen LogP contribution in [0.5, 0.6) is 0 Å². The van der Waals surface area contributed by atoms with E-state index in [1.165, 1.54) is 0 Å². The fraction of sp³-hybridized carbons (Fsp3) is 0.706. The Morgan fingerprint density at radius 3 is 2.54 bits per heavy atom. The van der Waals surface area contributed by atoms with Crippen LogP contribution in [0.2, 0.25) is 0 Å². The molecule has 3 heterocycles. The summed E-state index contributed by atoms with van der Waals surface area (Å²) in [5, 5.41) is 3.05. The number of rotatable bonds is 4. The summed E-state index contributed by atoms with van der Waals surface area (Å²) < 4.78 is 5.51. The Kier molecular flexibility index (Phi) is 4.89. The summed E-state index contributed by atoms with van der Waals surface area (Å²) in [4.78, 5) is 32.8. The molecule has 2 amide bonds. The minimum Gasteiger partial charge on any atom is -0.435 e. The van der Waals surface area contributed by atoms with Crippen LogP contribution < -0.4 is 5.32 Å². The molecule has 1 unspecified atom stereocenters. The van der Waals surface area contributed by atoms with Gasteiger partial charge in [0.05, 0.1) is 11.7 Å². The van der Waals surface area contributed by atoms with E-state index in [2.05, 4.69) is 15.2 Å². The van der Waals surface area contributed by atoms with Gasteiger partial charge in [0.2, 0.25) is 11.7 Å². The lowest BCUT2D eigenvalue weighted by atomic mass is 10.0. The molecule has 132 valence electrons.